The third-order valence-corrected chi connectivity index (χ3v) is 0.218. The van der Waals surface area contributed by atoms with Crippen molar-refractivity contribution in [2.45, 2.75) is 13.8 Å². The van der Waals surface area contributed by atoms with Gasteiger partial charge in [-0.3, -0.25) is 0 Å². The highest BCUT2D eigenvalue weighted by atomic mass is 19.3. The molecule has 0 aliphatic carbocycles. The molecule has 0 saturated heterocycles. The Bertz CT molecular complexity index is 70.6. The van der Waals surface area contributed by atoms with Crippen molar-refractivity contribution in [1.29, 1.82) is 0 Å². The van der Waals surface area contributed by atoms with Crippen LogP contribution in [0.1, 0.15) is 13.8 Å². The van der Waals surface area contributed by atoms with Gasteiger partial charge < -0.3 is 0 Å². The van der Waals surface area contributed by atoms with Crippen molar-refractivity contribution in [1.82, 2.24) is 0 Å². The fourth-order valence-corrected chi connectivity index (χ4v) is 0. The Kier molecular flexibility index (Phi) is 12.4. The van der Waals surface area contributed by atoms with E-state index in [4.69, 9.17) is 0 Å². The van der Waals surface area contributed by atoms with Crippen molar-refractivity contribution in [3.05, 3.63) is 24.8 Å². The molecule has 0 spiro atoms. The minimum Gasteiger partial charge on any atom is -0.174 e. The second-order valence-electron chi connectivity index (χ2n) is 0.987. The predicted octanol–water partition coefficient (Wildman–Crippen LogP) is 2.98. The van der Waals surface area contributed by atoms with E-state index >= 15 is 0 Å². The molecule has 0 aromatic carbocycles. The summed E-state index contributed by atoms with van der Waals surface area (Å²) in [5, 5.41) is 0. The number of allylic oxidation sites excluding steroid dienone is 2. The topological polar surface area (TPSA) is 0 Å². The van der Waals surface area contributed by atoms with E-state index in [1.54, 1.807) is 6.08 Å². The average Bonchev–Trinajstić information content (AvgIpc) is 1.69. The van der Waals surface area contributed by atoms with E-state index in [-0.39, 0.29) is 0 Å². The van der Waals surface area contributed by atoms with Gasteiger partial charge in [0.05, 0.1) is 0 Å². The Labute approximate surface area is 48.5 Å². The molecule has 0 radical (unpaired) electrons. The quantitative estimate of drug-likeness (QED) is 0.431. The molecule has 0 amide bonds. The molecule has 0 aromatic heterocycles. The lowest BCUT2D eigenvalue weighted by Gasteiger charge is -1.62. The second-order valence-corrected chi connectivity index (χ2v) is 0.987. The molecule has 0 aliphatic rings. The highest BCUT2D eigenvalue weighted by Gasteiger charge is 1.74. The molecular weight excluding hydrogens is 110 g/mol. The Morgan fingerprint density at radius 2 is 1.50 bits per heavy atom. The molecule has 0 N–H and O–H groups in total. The summed E-state index contributed by atoms with van der Waals surface area (Å²) >= 11 is 0. The molecule has 0 aromatic rings. The summed E-state index contributed by atoms with van der Waals surface area (Å²) in [6, 6.07) is 0. The molecule has 0 fully saturated rings. The van der Waals surface area contributed by atoms with Crippen LogP contribution in [0.3, 0.4) is 0 Å². The third kappa shape index (κ3) is 56.0. The van der Waals surface area contributed by atoms with Crippen molar-refractivity contribution >= 4 is 0 Å². The van der Waals surface area contributed by atoms with E-state index in [2.05, 4.69) is 6.58 Å². The lowest BCUT2D eigenvalue weighted by Crippen LogP contribution is -1.44. The van der Waals surface area contributed by atoms with Crippen LogP contribution in [0.5, 0.6) is 0 Å². The first-order chi connectivity index (χ1) is 3.68. The van der Waals surface area contributed by atoms with Gasteiger partial charge in [-0.1, -0.05) is 6.08 Å². The van der Waals surface area contributed by atoms with Crippen molar-refractivity contribution in [2.75, 3.05) is 0 Å². The van der Waals surface area contributed by atoms with E-state index in [9.17, 15) is 8.78 Å². The van der Waals surface area contributed by atoms with Crippen LogP contribution in [0.4, 0.5) is 8.78 Å². The molecule has 0 nitrogen and oxygen atoms in total. The van der Waals surface area contributed by atoms with Gasteiger partial charge in [0, 0.05) is 0 Å². The maximum Gasteiger partial charge on any atom is 0.266 e. The molecule has 8 heavy (non-hydrogen) atoms. The van der Waals surface area contributed by atoms with Crippen LogP contribution in [0.25, 0.3) is 0 Å². The van der Waals surface area contributed by atoms with Gasteiger partial charge >= 0.3 is 0 Å². The van der Waals surface area contributed by atoms with E-state index in [0.717, 1.165) is 6.08 Å². The van der Waals surface area contributed by atoms with E-state index < -0.39 is 6.08 Å². The van der Waals surface area contributed by atoms with Crippen LogP contribution in [0, 0.1) is 0 Å². The maximum absolute atomic E-state index is 10.6. The monoisotopic (exact) mass is 120 g/mol. The zero-order valence-corrected chi connectivity index (χ0v) is 5.12. The summed E-state index contributed by atoms with van der Waals surface area (Å²) in [5.74, 6) is 0. The SMILES string of the molecule is C=CC.CC=C(F)F. The first kappa shape index (κ1) is 10.3. The third-order valence-electron chi connectivity index (χ3n) is 0.218. The Balaban J connectivity index is 0. The number of rotatable bonds is 0. The first-order valence-electron chi connectivity index (χ1n) is 2.23. The molecule has 0 rings (SSSR count). The molecule has 0 unspecified atom stereocenters. The van der Waals surface area contributed by atoms with Crippen LogP contribution >= 0.6 is 0 Å². The number of hydrogen-bond acceptors (Lipinski definition) is 0. The standard InChI is InChI=1S/C3H4F2.C3H6/c1-2-3(4)5;1-3-2/h2H,1H3;3H,1H2,2H3. The largest absolute Gasteiger partial charge is 0.266 e. The van der Waals surface area contributed by atoms with Gasteiger partial charge in [-0.25, -0.2) is 0 Å². The smallest absolute Gasteiger partial charge is 0.174 e. The van der Waals surface area contributed by atoms with E-state index in [1.807, 2.05) is 6.92 Å². The van der Waals surface area contributed by atoms with E-state index in [0.29, 0.717) is 0 Å². The van der Waals surface area contributed by atoms with Crippen LogP contribution < -0.4 is 0 Å². The van der Waals surface area contributed by atoms with Crippen molar-refractivity contribution in [3.63, 3.8) is 0 Å². The lowest BCUT2D eigenvalue weighted by molar-refractivity contribution is 0.420. The summed E-state index contributed by atoms with van der Waals surface area (Å²) in [6.07, 6.45) is 0.880. The fraction of sp³-hybridized carbons (Fsp3) is 0.333. The summed E-state index contributed by atoms with van der Waals surface area (Å²) in [5.41, 5.74) is 0. The second kappa shape index (κ2) is 9.60. The molecule has 0 bridgehead atoms. The van der Waals surface area contributed by atoms with Gasteiger partial charge in [-0.2, -0.15) is 8.78 Å². The molecule has 0 saturated carbocycles. The van der Waals surface area contributed by atoms with Gasteiger partial charge in [0.2, 0.25) is 0 Å². The Hall–Kier alpha value is -0.660. The summed E-state index contributed by atoms with van der Waals surface area (Å²) in [7, 11) is 0. The summed E-state index contributed by atoms with van der Waals surface area (Å²) < 4.78 is 21.2. The maximum atomic E-state index is 10.6. The summed E-state index contributed by atoms with van der Waals surface area (Å²) in [6.45, 7) is 6.54. The minimum absolute atomic E-state index is 0.750. The Morgan fingerprint density at radius 3 is 1.50 bits per heavy atom. The number of halogens is 2. The highest BCUT2D eigenvalue weighted by Crippen LogP contribution is 1.92. The van der Waals surface area contributed by atoms with Gasteiger partial charge in [0.1, 0.15) is 0 Å². The van der Waals surface area contributed by atoms with Crippen LogP contribution in [0.2, 0.25) is 0 Å². The fourth-order valence-electron chi connectivity index (χ4n) is 0. The molecule has 0 heterocycles. The lowest BCUT2D eigenvalue weighted by atomic mass is 10.7. The van der Waals surface area contributed by atoms with Crippen LogP contribution in [-0.4, -0.2) is 0 Å². The zero-order valence-electron chi connectivity index (χ0n) is 5.12. The molecular formula is C6H10F2. The van der Waals surface area contributed by atoms with Crippen LogP contribution in [0.15, 0.2) is 24.8 Å². The average molecular weight is 120 g/mol. The molecule has 0 aliphatic heterocycles. The van der Waals surface area contributed by atoms with Crippen molar-refractivity contribution in [3.8, 4) is 0 Å². The molecule has 0 atom stereocenters. The molecule has 2 heteroatoms. The highest BCUT2D eigenvalue weighted by molar-refractivity contribution is 4.72. The molecule has 48 valence electrons. The number of hydrogen-bond donors (Lipinski definition) is 0. The first-order valence-corrected chi connectivity index (χ1v) is 2.23. The van der Waals surface area contributed by atoms with Gasteiger partial charge in [-0.05, 0) is 19.9 Å². The minimum atomic E-state index is -1.62. The van der Waals surface area contributed by atoms with E-state index in [1.165, 1.54) is 6.92 Å². The zero-order chi connectivity index (χ0) is 6.99. The van der Waals surface area contributed by atoms with Gasteiger partial charge in [0.15, 0.2) is 0 Å². The van der Waals surface area contributed by atoms with Crippen LogP contribution in [-0.2, 0) is 0 Å². The van der Waals surface area contributed by atoms with Crippen molar-refractivity contribution in [2.24, 2.45) is 0 Å². The van der Waals surface area contributed by atoms with Gasteiger partial charge in [0.25, 0.3) is 6.08 Å². The Morgan fingerprint density at radius 1 is 1.38 bits per heavy atom. The predicted molar refractivity (Wildman–Crippen MR) is 31.8 cm³/mol. The van der Waals surface area contributed by atoms with Crippen molar-refractivity contribution < 1.29 is 8.78 Å². The van der Waals surface area contributed by atoms with Gasteiger partial charge in [-0.15, -0.1) is 6.58 Å². The normalized spacial score (nSPS) is 6.00. The summed E-state index contributed by atoms with van der Waals surface area (Å²) in [4.78, 5) is 0.